The summed E-state index contributed by atoms with van der Waals surface area (Å²) in [5.74, 6) is 1.16. The van der Waals surface area contributed by atoms with Crippen LogP contribution in [0.15, 0.2) is 30.3 Å². The largest absolute Gasteiger partial charge is 0.374 e. The van der Waals surface area contributed by atoms with Crippen molar-refractivity contribution in [3.8, 4) is 0 Å². The Hall–Kier alpha value is -1.24. The molecule has 1 saturated heterocycles. The van der Waals surface area contributed by atoms with Crippen LogP contribution < -0.4 is 10.6 Å². The summed E-state index contributed by atoms with van der Waals surface area (Å²) in [6.07, 6.45) is 0. The van der Waals surface area contributed by atoms with Crippen LogP contribution in [-0.2, 0) is 11.3 Å². The number of ether oxygens (including phenoxy) is 1. The van der Waals surface area contributed by atoms with Gasteiger partial charge in [-0.1, -0.05) is 30.3 Å². The Kier molecular flexibility index (Phi) is 7.80. The maximum absolute atomic E-state index is 12.2. The van der Waals surface area contributed by atoms with Gasteiger partial charge >= 0.3 is 6.03 Å². The van der Waals surface area contributed by atoms with Crippen LogP contribution in [0.3, 0.4) is 0 Å². The average molecular weight is 380 g/mol. The van der Waals surface area contributed by atoms with Gasteiger partial charge in [-0.25, -0.2) is 4.79 Å². The Morgan fingerprint density at radius 2 is 2.04 bits per heavy atom. The van der Waals surface area contributed by atoms with Gasteiger partial charge in [0.15, 0.2) is 0 Å². The van der Waals surface area contributed by atoms with Crippen molar-refractivity contribution in [1.82, 2.24) is 15.5 Å². The molecule has 6 heteroatoms. The lowest BCUT2D eigenvalue weighted by Crippen LogP contribution is -2.52. The van der Waals surface area contributed by atoms with Crippen LogP contribution in [0, 0.1) is 0 Å². The van der Waals surface area contributed by atoms with E-state index in [-0.39, 0.29) is 6.03 Å². The molecule has 5 nitrogen and oxygen atoms in total. The zero-order valence-electron chi connectivity index (χ0n) is 16.5. The van der Waals surface area contributed by atoms with Crippen molar-refractivity contribution in [2.24, 2.45) is 0 Å². The maximum atomic E-state index is 12.2. The summed E-state index contributed by atoms with van der Waals surface area (Å²) >= 11 is 2.02. The molecule has 0 atom stereocenters. The first kappa shape index (κ1) is 21.1. The number of hydrogen-bond donors (Lipinski definition) is 2. The second-order valence-corrected chi connectivity index (χ2v) is 9.93. The molecule has 0 radical (unpaired) electrons. The summed E-state index contributed by atoms with van der Waals surface area (Å²) < 4.78 is 6.06. The van der Waals surface area contributed by atoms with Crippen molar-refractivity contribution in [2.75, 3.05) is 38.5 Å². The van der Waals surface area contributed by atoms with Gasteiger partial charge in [0.2, 0.25) is 0 Å². The van der Waals surface area contributed by atoms with E-state index in [9.17, 15) is 4.79 Å². The number of benzene rings is 1. The molecule has 2 amide bonds. The van der Waals surface area contributed by atoms with Crippen molar-refractivity contribution in [3.05, 3.63) is 35.9 Å². The second-order valence-electron chi connectivity index (χ2n) is 8.13. The molecule has 1 aromatic carbocycles. The Morgan fingerprint density at radius 3 is 2.73 bits per heavy atom. The SMILES string of the molecule is CC(C)(COCc1ccccc1)NC(=O)NCCN1CCSC(C)(C)C1. The predicted octanol–water partition coefficient (Wildman–Crippen LogP) is 3.11. The number of thioether (sulfide) groups is 1. The van der Waals surface area contributed by atoms with Gasteiger partial charge in [-0.05, 0) is 33.3 Å². The monoisotopic (exact) mass is 379 g/mol. The highest BCUT2D eigenvalue weighted by Crippen LogP contribution is 2.29. The third kappa shape index (κ3) is 7.98. The van der Waals surface area contributed by atoms with Crippen molar-refractivity contribution >= 4 is 17.8 Å². The Morgan fingerprint density at radius 1 is 1.31 bits per heavy atom. The second kappa shape index (κ2) is 9.62. The molecule has 146 valence electrons. The fraction of sp³-hybridized carbons (Fsp3) is 0.650. The minimum atomic E-state index is -0.414. The summed E-state index contributed by atoms with van der Waals surface area (Å²) in [5.41, 5.74) is 0.721. The van der Waals surface area contributed by atoms with Crippen LogP contribution in [-0.4, -0.2) is 59.8 Å². The average Bonchev–Trinajstić information content (AvgIpc) is 2.54. The summed E-state index contributed by atoms with van der Waals surface area (Å²) in [4.78, 5) is 14.6. The van der Waals surface area contributed by atoms with Gasteiger partial charge in [0.05, 0.1) is 18.8 Å². The van der Waals surface area contributed by atoms with Crippen LogP contribution in [0.4, 0.5) is 4.79 Å². The molecule has 1 aliphatic heterocycles. The van der Waals surface area contributed by atoms with Crippen molar-refractivity contribution in [1.29, 1.82) is 0 Å². The zero-order chi connectivity index (χ0) is 19.0. The number of amides is 2. The Balaban J connectivity index is 1.62. The molecule has 0 aliphatic carbocycles. The highest BCUT2D eigenvalue weighted by Gasteiger charge is 2.26. The zero-order valence-corrected chi connectivity index (χ0v) is 17.3. The molecule has 1 heterocycles. The molecule has 2 N–H and O–H groups in total. The number of carbonyl (C=O) groups is 1. The summed E-state index contributed by atoms with van der Waals surface area (Å²) in [7, 11) is 0. The van der Waals surface area contributed by atoms with Gasteiger partial charge in [-0.3, -0.25) is 4.90 Å². The van der Waals surface area contributed by atoms with E-state index in [1.54, 1.807) is 0 Å². The van der Waals surface area contributed by atoms with E-state index in [4.69, 9.17) is 4.74 Å². The fourth-order valence-electron chi connectivity index (χ4n) is 3.02. The number of nitrogens with one attached hydrogen (secondary N) is 2. The van der Waals surface area contributed by atoms with Crippen molar-refractivity contribution in [3.63, 3.8) is 0 Å². The third-order valence-corrected chi connectivity index (χ3v) is 5.54. The van der Waals surface area contributed by atoms with E-state index in [1.807, 2.05) is 55.9 Å². The minimum absolute atomic E-state index is 0.135. The first-order chi connectivity index (χ1) is 12.3. The van der Waals surface area contributed by atoms with Gasteiger partial charge in [0.25, 0.3) is 0 Å². The maximum Gasteiger partial charge on any atom is 0.315 e. The van der Waals surface area contributed by atoms with Gasteiger partial charge in [0.1, 0.15) is 0 Å². The minimum Gasteiger partial charge on any atom is -0.374 e. The molecule has 2 rings (SSSR count). The van der Waals surface area contributed by atoms with Crippen molar-refractivity contribution in [2.45, 2.75) is 44.6 Å². The number of carbonyl (C=O) groups excluding carboxylic acids is 1. The summed E-state index contributed by atoms with van der Waals surface area (Å²) in [6, 6.07) is 9.92. The highest BCUT2D eigenvalue weighted by atomic mass is 32.2. The molecular formula is C20H33N3O2S. The molecule has 1 aromatic rings. The van der Waals surface area contributed by atoms with Crippen LogP contribution in [0.25, 0.3) is 0 Å². The quantitative estimate of drug-likeness (QED) is 0.729. The van der Waals surface area contributed by atoms with Crippen molar-refractivity contribution < 1.29 is 9.53 Å². The van der Waals surface area contributed by atoms with E-state index < -0.39 is 5.54 Å². The molecule has 0 aromatic heterocycles. The van der Waals surface area contributed by atoms with Crippen LogP contribution in [0.5, 0.6) is 0 Å². The topological polar surface area (TPSA) is 53.6 Å². The molecule has 0 spiro atoms. The molecule has 0 bridgehead atoms. The molecule has 0 saturated carbocycles. The van der Waals surface area contributed by atoms with Gasteiger partial charge in [-0.15, -0.1) is 0 Å². The Labute approximate surface area is 162 Å². The number of rotatable bonds is 8. The Bertz CT molecular complexity index is 563. The molecule has 1 fully saturated rings. The molecule has 0 unspecified atom stereocenters. The highest BCUT2D eigenvalue weighted by molar-refractivity contribution is 8.00. The number of nitrogens with zero attached hydrogens (tertiary/aromatic N) is 1. The summed E-state index contributed by atoms with van der Waals surface area (Å²) in [5, 5.41) is 5.97. The lowest BCUT2D eigenvalue weighted by Gasteiger charge is -2.37. The van der Waals surface area contributed by atoms with Gasteiger partial charge in [0, 0.05) is 36.7 Å². The van der Waals surface area contributed by atoms with E-state index in [1.165, 1.54) is 0 Å². The van der Waals surface area contributed by atoms with E-state index in [0.717, 1.165) is 31.0 Å². The summed E-state index contributed by atoms with van der Waals surface area (Å²) in [6.45, 7) is 13.2. The van der Waals surface area contributed by atoms with Gasteiger partial charge < -0.3 is 15.4 Å². The lowest BCUT2D eigenvalue weighted by atomic mass is 10.1. The van der Waals surface area contributed by atoms with Crippen LogP contribution in [0.2, 0.25) is 0 Å². The van der Waals surface area contributed by atoms with E-state index >= 15 is 0 Å². The molecule has 26 heavy (non-hydrogen) atoms. The van der Waals surface area contributed by atoms with Crippen LogP contribution >= 0.6 is 11.8 Å². The standard InChI is InChI=1S/C20H33N3O2S/c1-19(2,16-25-14-17-8-6-5-7-9-17)22-18(24)21-10-11-23-12-13-26-20(3,4)15-23/h5-9H,10-16H2,1-4H3,(H2,21,22,24). The normalized spacial score (nSPS) is 17.7. The first-order valence-electron chi connectivity index (χ1n) is 9.30. The lowest BCUT2D eigenvalue weighted by molar-refractivity contribution is 0.0743. The van der Waals surface area contributed by atoms with Gasteiger partial charge in [-0.2, -0.15) is 11.8 Å². The van der Waals surface area contributed by atoms with E-state index in [2.05, 4.69) is 29.4 Å². The predicted molar refractivity (Wildman–Crippen MR) is 110 cm³/mol. The molecule has 1 aliphatic rings. The molecular weight excluding hydrogens is 346 g/mol. The fourth-order valence-corrected chi connectivity index (χ4v) is 4.19. The van der Waals surface area contributed by atoms with E-state index in [0.29, 0.717) is 24.5 Å². The number of hydrogen-bond acceptors (Lipinski definition) is 4. The van der Waals surface area contributed by atoms with Crippen LogP contribution in [0.1, 0.15) is 33.3 Å². The smallest absolute Gasteiger partial charge is 0.315 e. The number of urea groups is 1. The first-order valence-corrected chi connectivity index (χ1v) is 10.3. The third-order valence-electron chi connectivity index (χ3n) is 4.24.